The van der Waals surface area contributed by atoms with Crippen LogP contribution in [0.15, 0.2) is 76.6 Å². The Morgan fingerprint density at radius 3 is 2.61 bits per heavy atom. The lowest BCUT2D eigenvalue weighted by Gasteiger charge is -2.26. The van der Waals surface area contributed by atoms with Gasteiger partial charge >= 0.3 is 5.89 Å². The number of oxazole rings is 1. The Hall–Kier alpha value is -3.42. The smallest absolute Gasteiger partial charge is 0.377 e. The fourth-order valence-corrected chi connectivity index (χ4v) is 5.73. The minimum Gasteiger partial charge on any atom is -1.00 e. The molecule has 1 aliphatic rings. The van der Waals surface area contributed by atoms with Crippen molar-refractivity contribution in [2.75, 3.05) is 11.4 Å². The summed E-state index contributed by atoms with van der Waals surface area (Å²) < 4.78 is 11.7. The molecule has 0 radical (unpaired) electrons. The lowest BCUT2D eigenvalue weighted by atomic mass is 9.99. The molecule has 0 aliphatic carbocycles. The number of allylic oxidation sites excluding steroid dienone is 4. The standard InChI is InChI=1S/C31H32N3O2S.BrH/c1-6-16-34-30(20-29-33(8-3)26-18-21(4)22(5)19-27(26)36-29)37-28(31(34)35)14-13-23-15-17-32(7-2)25-12-10-9-11-24(23)25;/h6,9-15,17-20H,1,7-8,16H2,2-5H3;1H/q+1;/p-1. The molecule has 38 heavy (non-hydrogen) atoms. The number of aromatic nitrogens is 2. The zero-order valence-corrected chi connectivity index (χ0v) is 24.6. The van der Waals surface area contributed by atoms with Gasteiger partial charge in [-0.25, -0.2) is 0 Å². The van der Waals surface area contributed by atoms with Crippen molar-refractivity contribution in [1.29, 1.82) is 0 Å². The van der Waals surface area contributed by atoms with Crippen molar-refractivity contribution in [2.24, 2.45) is 0 Å². The maximum atomic E-state index is 13.4. The molecule has 1 aliphatic heterocycles. The minimum atomic E-state index is -0.0258. The Kier molecular flexibility index (Phi) is 8.38. The summed E-state index contributed by atoms with van der Waals surface area (Å²) in [5.41, 5.74) is 7.73. The third-order valence-electron chi connectivity index (χ3n) is 6.87. The first-order valence-corrected chi connectivity index (χ1v) is 13.5. The molecule has 0 amide bonds. The summed E-state index contributed by atoms with van der Waals surface area (Å²) in [5, 5.41) is 0. The predicted octanol–water partition coefficient (Wildman–Crippen LogP) is 1.82. The topological polar surface area (TPSA) is 42.3 Å². The Balaban J connectivity index is 0.00000336. The van der Waals surface area contributed by atoms with Crippen molar-refractivity contribution in [1.82, 2.24) is 4.57 Å². The van der Waals surface area contributed by atoms with Crippen molar-refractivity contribution < 1.29 is 26.0 Å². The summed E-state index contributed by atoms with van der Waals surface area (Å²) in [6, 6.07) is 12.6. The minimum absolute atomic E-state index is 0. The van der Waals surface area contributed by atoms with Crippen molar-refractivity contribution in [2.45, 2.75) is 40.8 Å². The zero-order valence-electron chi connectivity index (χ0n) is 22.2. The fourth-order valence-electron chi connectivity index (χ4n) is 4.75. The number of thiazole rings is 1. The first kappa shape index (κ1) is 27.6. The van der Waals surface area contributed by atoms with Crippen LogP contribution in [-0.4, -0.2) is 11.1 Å². The summed E-state index contributed by atoms with van der Waals surface area (Å²) in [5.74, 6) is 0.732. The molecule has 0 fully saturated rings. The number of aryl methyl sites for hydroxylation is 3. The number of para-hydroxylation sites is 1. The molecular weight excluding hydrogens is 558 g/mol. The van der Waals surface area contributed by atoms with E-state index < -0.39 is 0 Å². The van der Waals surface area contributed by atoms with Gasteiger partial charge in [0, 0.05) is 36.6 Å². The van der Waals surface area contributed by atoms with Crippen LogP contribution in [0.4, 0.5) is 5.69 Å². The quantitative estimate of drug-likeness (QED) is 0.254. The van der Waals surface area contributed by atoms with Gasteiger partial charge in [-0.1, -0.05) is 30.4 Å². The second kappa shape index (κ2) is 11.5. The molecule has 3 heterocycles. The molecule has 7 heteroatoms. The van der Waals surface area contributed by atoms with Crippen molar-refractivity contribution in [3.63, 3.8) is 0 Å². The molecule has 0 saturated carbocycles. The largest absolute Gasteiger partial charge is 1.00 e. The van der Waals surface area contributed by atoms with Gasteiger partial charge in [-0.3, -0.25) is 9.36 Å². The molecule has 0 spiro atoms. The average Bonchev–Trinajstić information content (AvgIpc) is 3.38. The second-order valence-electron chi connectivity index (χ2n) is 9.15. The van der Waals surface area contributed by atoms with E-state index in [0.717, 1.165) is 45.9 Å². The Morgan fingerprint density at radius 2 is 1.87 bits per heavy atom. The summed E-state index contributed by atoms with van der Waals surface area (Å²) in [7, 11) is 0. The highest BCUT2D eigenvalue weighted by Crippen LogP contribution is 2.32. The highest BCUT2D eigenvalue weighted by atomic mass is 79.9. The lowest BCUT2D eigenvalue weighted by molar-refractivity contribution is -0.674. The van der Waals surface area contributed by atoms with Gasteiger partial charge in [-0.05, 0) is 68.7 Å². The van der Waals surface area contributed by atoms with Crippen molar-refractivity contribution in [3.8, 4) is 0 Å². The van der Waals surface area contributed by atoms with Gasteiger partial charge in [0.15, 0.2) is 0 Å². The Bertz CT molecular complexity index is 1750. The number of rotatable bonds is 6. The molecule has 196 valence electrons. The molecule has 0 atom stereocenters. The van der Waals surface area contributed by atoms with Gasteiger partial charge in [0.25, 0.3) is 11.1 Å². The van der Waals surface area contributed by atoms with Crippen LogP contribution in [0.2, 0.25) is 0 Å². The first-order chi connectivity index (χ1) is 17.9. The van der Waals surface area contributed by atoms with Gasteiger partial charge in [0.1, 0.15) is 11.2 Å². The summed E-state index contributed by atoms with van der Waals surface area (Å²) >= 11 is 1.47. The van der Waals surface area contributed by atoms with E-state index in [2.05, 4.69) is 86.3 Å². The van der Waals surface area contributed by atoms with E-state index in [-0.39, 0.29) is 22.5 Å². The molecular formula is C31H32BrN3O2S. The first-order valence-electron chi connectivity index (χ1n) is 12.7. The predicted molar refractivity (Wildman–Crippen MR) is 154 cm³/mol. The Labute approximate surface area is 237 Å². The van der Waals surface area contributed by atoms with Crippen LogP contribution in [-0.2, 0) is 13.1 Å². The van der Waals surface area contributed by atoms with E-state index in [1.54, 1.807) is 10.6 Å². The van der Waals surface area contributed by atoms with Gasteiger partial charge in [0.2, 0.25) is 5.58 Å². The molecule has 0 N–H and O–H groups in total. The lowest BCUT2D eigenvalue weighted by Crippen LogP contribution is -3.00. The van der Waals surface area contributed by atoms with Crippen LogP contribution in [0, 0.1) is 13.8 Å². The van der Waals surface area contributed by atoms with Gasteiger partial charge in [-0.2, -0.15) is 4.57 Å². The summed E-state index contributed by atoms with van der Waals surface area (Å²) in [6.07, 6.45) is 11.9. The van der Waals surface area contributed by atoms with Crippen LogP contribution >= 0.6 is 11.3 Å². The number of hydrogen-bond donors (Lipinski definition) is 0. The molecule has 0 saturated heterocycles. The van der Waals surface area contributed by atoms with Crippen molar-refractivity contribution in [3.05, 3.63) is 110 Å². The van der Waals surface area contributed by atoms with E-state index in [1.165, 1.54) is 28.2 Å². The molecule has 0 unspecified atom stereocenters. The van der Waals surface area contributed by atoms with Crippen molar-refractivity contribution >= 4 is 45.8 Å². The summed E-state index contributed by atoms with van der Waals surface area (Å²) in [4.78, 5) is 15.6. The molecule has 4 aromatic rings. The second-order valence-corrected chi connectivity index (χ2v) is 10.2. The normalized spacial score (nSPS) is 14.8. The monoisotopic (exact) mass is 589 g/mol. The third kappa shape index (κ3) is 5.00. The highest BCUT2D eigenvalue weighted by Gasteiger charge is 2.21. The molecule has 5 rings (SSSR count). The number of nitrogens with zero attached hydrogens (tertiary/aromatic N) is 3. The van der Waals surface area contributed by atoms with Gasteiger partial charge < -0.3 is 26.3 Å². The average molecular weight is 591 g/mol. The molecule has 2 aromatic carbocycles. The Morgan fingerprint density at radius 1 is 1.11 bits per heavy atom. The molecule has 5 nitrogen and oxygen atoms in total. The van der Waals surface area contributed by atoms with E-state index >= 15 is 0 Å². The van der Waals surface area contributed by atoms with Gasteiger partial charge in [0.05, 0.1) is 10.6 Å². The fraction of sp³-hybridized carbons (Fsp3) is 0.226. The number of anilines is 1. The van der Waals surface area contributed by atoms with E-state index in [4.69, 9.17) is 4.42 Å². The summed E-state index contributed by atoms with van der Waals surface area (Å²) in [6.45, 7) is 14.4. The highest BCUT2D eigenvalue weighted by molar-refractivity contribution is 7.07. The maximum absolute atomic E-state index is 13.4. The molecule has 2 aromatic heterocycles. The number of fused-ring (bicyclic) bond motifs is 2. The number of halogens is 1. The number of hydrogen-bond acceptors (Lipinski definition) is 4. The van der Waals surface area contributed by atoms with Gasteiger partial charge in [-0.15, -0.1) is 17.9 Å². The van der Waals surface area contributed by atoms with Crippen LogP contribution < -0.4 is 41.2 Å². The van der Waals surface area contributed by atoms with E-state index in [9.17, 15) is 4.79 Å². The third-order valence-corrected chi connectivity index (χ3v) is 7.95. The zero-order chi connectivity index (χ0) is 26.1. The molecule has 0 bridgehead atoms. The SMILES string of the molecule is C=CCn1c(=Cc2oc3cc(C)c(C)cc3[n+]2CC)sc(=CC=C2C=CN(CC)c3ccccc32)c1=O.[Br-]. The van der Waals surface area contributed by atoms with Crippen LogP contribution in [0.1, 0.15) is 36.4 Å². The van der Waals surface area contributed by atoms with Crippen LogP contribution in [0.5, 0.6) is 0 Å². The van der Waals surface area contributed by atoms with E-state index in [1.807, 2.05) is 24.3 Å². The van der Waals surface area contributed by atoms with Crippen LogP contribution in [0.3, 0.4) is 0 Å². The van der Waals surface area contributed by atoms with E-state index in [0.29, 0.717) is 11.1 Å². The van der Waals surface area contributed by atoms with Crippen LogP contribution in [0.25, 0.3) is 28.8 Å². The number of benzene rings is 2. The maximum Gasteiger partial charge on any atom is 0.377 e.